The van der Waals surface area contributed by atoms with Crippen molar-refractivity contribution in [1.29, 1.82) is 0 Å². The van der Waals surface area contributed by atoms with Crippen LogP contribution in [0.3, 0.4) is 0 Å². The Morgan fingerprint density at radius 3 is 2.52 bits per heavy atom. The van der Waals surface area contributed by atoms with Gasteiger partial charge in [-0.1, -0.05) is 47.7 Å². The molecule has 0 fully saturated rings. The minimum atomic E-state index is -0.143. The maximum atomic E-state index is 12.5. The van der Waals surface area contributed by atoms with Gasteiger partial charge in [-0.3, -0.25) is 10.1 Å². The second-order valence-electron chi connectivity index (χ2n) is 6.00. The van der Waals surface area contributed by atoms with E-state index in [4.69, 9.17) is 0 Å². The molecule has 0 radical (unpaired) electrons. The van der Waals surface area contributed by atoms with E-state index in [1.807, 2.05) is 55.5 Å². The molecule has 0 aliphatic rings. The molecule has 0 bridgehead atoms. The molecule has 1 N–H and O–H groups in total. The molecule has 3 aromatic carbocycles. The van der Waals surface area contributed by atoms with Crippen molar-refractivity contribution in [2.45, 2.75) is 6.92 Å². The summed E-state index contributed by atoms with van der Waals surface area (Å²) in [6, 6.07) is 22.0. The van der Waals surface area contributed by atoms with Crippen LogP contribution in [-0.2, 0) is 0 Å². The molecule has 0 spiro atoms. The van der Waals surface area contributed by atoms with Crippen LogP contribution in [0, 0.1) is 10.5 Å². The van der Waals surface area contributed by atoms with E-state index in [0.717, 1.165) is 15.8 Å². The van der Waals surface area contributed by atoms with Gasteiger partial charge in [0.25, 0.3) is 5.91 Å². The maximum Gasteiger partial charge on any atom is 0.257 e. The number of nitrogens with zero attached hydrogens (tertiary/aromatic N) is 1. The van der Waals surface area contributed by atoms with Crippen molar-refractivity contribution in [3.8, 4) is 11.1 Å². The molecule has 1 heterocycles. The zero-order chi connectivity index (χ0) is 18.1. The first-order chi connectivity index (χ1) is 12.6. The van der Waals surface area contributed by atoms with E-state index >= 15 is 0 Å². The number of carbonyl (C=O) groups excluding carboxylic acids is 1. The van der Waals surface area contributed by atoms with Crippen molar-refractivity contribution >= 4 is 72.2 Å². The zero-order valence-corrected chi connectivity index (χ0v) is 19.1. The summed E-state index contributed by atoms with van der Waals surface area (Å²) in [4.78, 5) is 17.0. The molecule has 0 aliphatic heterocycles. The number of benzene rings is 3. The second-order valence-corrected chi connectivity index (χ2v) is 8.19. The van der Waals surface area contributed by atoms with Gasteiger partial charge in [0, 0.05) is 9.13 Å². The van der Waals surface area contributed by atoms with Crippen LogP contribution in [0.5, 0.6) is 0 Å². The van der Waals surface area contributed by atoms with Crippen LogP contribution in [-0.4, -0.2) is 10.9 Å². The van der Waals surface area contributed by atoms with Crippen molar-refractivity contribution in [3.05, 3.63) is 81.4 Å². The predicted molar refractivity (Wildman–Crippen MR) is 127 cm³/mol. The Kier molecular flexibility index (Phi) is 6.29. The summed E-state index contributed by atoms with van der Waals surface area (Å²) in [7, 11) is 0. The minimum Gasteiger partial charge on any atom is -0.298 e. The van der Waals surface area contributed by atoms with Crippen LogP contribution in [0.25, 0.3) is 21.3 Å². The number of carbonyl (C=O) groups is 1. The molecule has 4 rings (SSSR count). The highest BCUT2D eigenvalue weighted by molar-refractivity contribution is 14.1. The molecule has 136 valence electrons. The minimum absolute atomic E-state index is 0. The van der Waals surface area contributed by atoms with Gasteiger partial charge in [0.15, 0.2) is 5.13 Å². The first-order valence-electron chi connectivity index (χ1n) is 8.14. The third-order valence-electron chi connectivity index (χ3n) is 4.10. The Balaban J connectivity index is 0.00000210. The molecule has 4 aromatic rings. The Morgan fingerprint density at radius 2 is 1.78 bits per heavy atom. The zero-order valence-electron chi connectivity index (χ0n) is 14.4. The van der Waals surface area contributed by atoms with Gasteiger partial charge in [0.2, 0.25) is 0 Å². The molecule has 0 atom stereocenters. The Hall–Kier alpha value is -1.77. The van der Waals surface area contributed by atoms with Crippen molar-refractivity contribution in [1.82, 2.24) is 4.98 Å². The van der Waals surface area contributed by atoms with Crippen molar-refractivity contribution in [2.75, 3.05) is 5.32 Å². The number of hydrogen-bond acceptors (Lipinski definition) is 3. The van der Waals surface area contributed by atoms with Gasteiger partial charge in [0.05, 0.1) is 10.2 Å². The molecule has 27 heavy (non-hydrogen) atoms. The number of aromatic nitrogens is 1. The number of hydrogen-bond donors (Lipinski definition) is 1. The monoisotopic (exact) mass is 550 g/mol. The molecule has 0 saturated heterocycles. The SMILES string of the molecule is Br.Cc1ccc2nc(NC(=O)c3ccc(-c4ccccc4I)cc3)sc2c1. The van der Waals surface area contributed by atoms with E-state index in [1.54, 1.807) is 0 Å². The lowest BCUT2D eigenvalue weighted by atomic mass is 10.0. The largest absolute Gasteiger partial charge is 0.298 e. The molecule has 1 amide bonds. The third kappa shape index (κ3) is 4.39. The number of fused-ring (bicyclic) bond motifs is 1. The van der Waals surface area contributed by atoms with E-state index in [1.165, 1.54) is 26.0 Å². The highest BCUT2D eigenvalue weighted by atomic mass is 127. The average molecular weight is 551 g/mol. The summed E-state index contributed by atoms with van der Waals surface area (Å²) in [5, 5.41) is 3.53. The molecule has 0 aliphatic carbocycles. The van der Waals surface area contributed by atoms with Crippen LogP contribution in [0.15, 0.2) is 66.7 Å². The second kappa shape index (κ2) is 8.50. The van der Waals surface area contributed by atoms with E-state index in [9.17, 15) is 4.79 Å². The lowest BCUT2D eigenvalue weighted by molar-refractivity contribution is 0.102. The first kappa shape index (κ1) is 20.0. The number of anilines is 1. The fourth-order valence-corrected chi connectivity index (χ4v) is 4.41. The average Bonchev–Trinajstić information content (AvgIpc) is 3.03. The topological polar surface area (TPSA) is 42.0 Å². The smallest absolute Gasteiger partial charge is 0.257 e. The van der Waals surface area contributed by atoms with Crippen molar-refractivity contribution in [2.24, 2.45) is 0 Å². The molecular weight excluding hydrogens is 535 g/mol. The highest BCUT2D eigenvalue weighted by Gasteiger charge is 2.11. The summed E-state index contributed by atoms with van der Waals surface area (Å²) >= 11 is 3.82. The molecule has 6 heteroatoms. The first-order valence-corrected chi connectivity index (χ1v) is 10.0. The van der Waals surface area contributed by atoms with Gasteiger partial charge in [-0.25, -0.2) is 4.98 Å². The molecular formula is C21H16BrIN2OS. The van der Waals surface area contributed by atoms with Crippen LogP contribution in [0.1, 0.15) is 15.9 Å². The number of amides is 1. The Labute approximate surface area is 185 Å². The standard InChI is InChI=1S/C21H15IN2OS.BrH/c1-13-6-11-18-19(12-13)26-21(23-18)24-20(25)15-9-7-14(8-10-15)16-4-2-3-5-17(16)22;/h2-12H,1H3,(H,23,24,25);1H. The van der Waals surface area contributed by atoms with E-state index < -0.39 is 0 Å². The fourth-order valence-electron chi connectivity index (χ4n) is 2.75. The van der Waals surface area contributed by atoms with Gasteiger partial charge in [0.1, 0.15) is 0 Å². The summed E-state index contributed by atoms with van der Waals surface area (Å²) in [5.41, 5.74) is 4.98. The summed E-state index contributed by atoms with van der Waals surface area (Å²) < 4.78 is 2.27. The van der Waals surface area contributed by atoms with Gasteiger partial charge >= 0.3 is 0 Å². The maximum absolute atomic E-state index is 12.5. The highest BCUT2D eigenvalue weighted by Crippen LogP contribution is 2.28. The molecule has 0 saturated carbocycles. The summed E-state index contributed by atoms with van der Waals surface area (Å²) in [5.74, 6) is -0.143. The van der Waals surface area contributed by atoms with Gasteiger partial charge in [-0.15, -0.1) is 17.0 Å². The molecule has 0 unspecified atom stereocenters. The van der Waals surface area contributed by atoms with Crippen LogP contribution in [0.4, 0.5) is 5.13 Å². The van der Waals surface area contributed by atoms with Crippen LogP contribution < -0.4 is 5.32 Å². The number of halogens is 2. The van der Waals surface area contributed by atoms with E-state index in [2.05, 4.69) is 51.1 Å². The lowest BCUT2D eigenvalue weighted by Gasteiger charge is -2.06. The quantitative estimate of drug-likeness (QED) is 0.288. The number of nitrogens with one attached hydrogen (secondary N) is 1. The van der Waals surface area contributed by atoms with E-state index in [-0.39, 0.29) is 22.9 Å². The Bertz CT molecular complexity index is 1110. The Morgan fingerprint density at radius 1 is 1.04 bits per heavy atom. The van der Waals surface area contributed by atoms with E-state index in [0.29, 0.717) is 10.7 Å². The van der Waals surface area contributed by atoms with Crippen LogP contribution >= 0.6 is 50.9 Å². The lowest BCUT2D eigenvalue weighted by Crippen LogP contribution is -2.11. The van der Waals surface area contributed by atoms with Crippen molar-refractivity contribution in [3.63, 3.8) is 0 Å². The number of rotatable bonds is 3. The third-order valence-corrected chi connectivity index (χ3v) is 5.97. The van der Waals surface area contributed by atoms with Gasteiger partial charge in [-0.2, -0.15) is 0 Å². The predicted octanol–water partition coefficient (Wildman–Crippen LogP) is 6.71. The number of thiazole rings is 1. The summed E-state index contributed by atoms with van der Waals surface area (Å²) in [6.45, 7) is 2.05. The fraction of sp³-hybridized carbons (Fsp3) is 0.0476. The summed E-state index contributed by atoms with van der Waals surface area (Å²) in [6.07, 6.45) is 0. The van der Waals surface area contributed by atoms with Crippen LogP contribution in [0.2, 0.25) is 0 Å². The molecule has 3 nitrogen and oxygen atoms in total. The number of aryl methyl sites for hydroxylation is 1. The van der Waals surface area contributed by atoms with Crippen molar-refractivity contribution < 1.29 is 4.79 Å². The van der Waals surface area contributed by atoms with Gasteiger partial charge in [-0.05, 0) is 76.5 Å². The van der Waals surface area contributed by atoms with Gasteiger partial charge < -0.3 is 0 Å². The molecule has 1 aromatic heterocycles. The normalized spacial score (nSPS) is 10.4.